The minimum Gasteiger partial charge on any atom is -0.383 e. The van der Waals surface area contributed by atoms with Crippen molar-refractivity contribution in [3.05, 3.63) is 35.7 Å². The van der Waals surface area contributed by atoms with Crippen molar-refractivity contribution >= 4 is 5.82 Å². The van der Waals surface area contributed by atoms with E-state index in [1.54, 1.807) is 0 Å². The van der Waals surface area contributed by atoms with E-state index in [0.29, 0.717) is 11.5 Å². The first-order chi connectivity index (χ1) is 8.68. The lowest BCUT2D eigenvalue weighted by Crippen LogP contribution is -2.12. The number of hydrogen-bond acceptors (Lipinski definition) is 2. The summed E-state index contributed by atoms with van der Waals surface area (Å²) < 4.78 is 28.9. The summed E-state index contributed by atoms with van der Waals surface area (Å²) in [4.78, 5) is 4.35. The third kappa shape index (κ3) is 1.58. The summed E-state index contributed by atoms with van der Waals surface area (Å²) in [7, 11) is 0. The van der Waals surface area contributed by atoms with Crippen molar-refractivity contribution in [1.29, 1.82) is 0 Å². The third-order valence-corrected chi connectivity index (χ3v) is 3.32. The Morgan fingerprint density at radius 3 is 2.83 bits per heavy atom. The molecule has 2 N–H and O–H groups in total. The predicted octanol–water partition coefficient (Wildman–Crippen LogP) is 2.75. The highest BCUT2D eigenvalue weighted by molar-refractivity contribution is 5.71. The van der Waals surface area contributed by atoms with Crippen molar-refractivity contribution in [2.24, 2.45) is 0 Å². The number of hydrogen-bond donors (Lipinski definition) is 1. The molecule has 0 fully saturated rings. The third-order valence-electron chi connectivity index (χ3n) is 3.32. The second-order valence-electron chi connectivity index (χ2n) is 4.47. The summed E-state index contributed by atoms with van der Waals surface area (Å²) in [6.07, 6.45) is 2.93. The molecule has 0 radical (unpaired) electrons. The fourth-order valence-corrected chi connectivity index (χ4v) is 2.39. The second-order valence-corrected chi connectivity index (χ2v) is 4.47. The van der Waals surface area contributed by atoms with Gasteiger partial charge in [0.05, 0.1) is 0 Å². The van der Waals surface area contributed by atoms with Crippen LogP contribution in [0.4, 0.5) is 14.6 Å². The highest BCUT2D eigenvalue weighted by Crippen LogP contribution is 2.31. The smallest absolute Gasteiger partial charge is 0.168 e. The van der Waals surface area contributed by atoms with Gasteiger partial charge in [-0.2, -0.15) is 0 Å². The molecule has 0 bridgehead atoms. The molecule has 2 heterocycles. The fraction of sp³-hybridized carbons (Fsp3) is 0.308. The van der Waals surface area contributed by atoms with Gasteiger partial charge in [0.25, 0.3) is 0 Å². The van der Waals surface area contributed by atoms with Gasteiger partial charge in [0.15, 0.2) is 11.6 Å². The zero-order valence-corrected chi connectivity index (χ0v) is 9.79. The Morgan fingerprint density at radius 1 is 1.22 bits per heavy atom. The summed E-state index contributed by atoms with van der Waals surface area (Å²) in [5.41, 5.74) is 6.47. The molecule has 94 valence electrons. The Kier molecular flexibility index (Phi) is 2.54. The number of benzene rings is 1. The Hall–Kier alpha value is -1.91. The molecule has 1 aliphatic heterocycles. The number of nitrogens with two attached hydrogens (primary N) is 1. The average molecular weight is 249 g/mol. The highest BCUT2D eigenvalue weighted by atomic mass is 19.2. The lowest BCUT2D eigenvalue weighted by atomic mass is 10.1. The molecule has 0 saturated heterocycles. The van der Waals surface area contributed by atoms with E-state index in [1.807, 2.05) is 4.57 Å². The van der Waals surface area contributed by atoms with Gasteiger partial charge >= 0.3 is 0 Å². The molecule has 0 atom stereocenters. The van der Waals surface area contributed by atoms with Crippen LogP contribution in [0.5, 0.6) is 0 Å². The van der Waals surface area contributed by atoms with Crippen molar-refractivity contribution in [2.45, 2.75) is 25.8 Å². The van der Waals surface area contributed by atoms with Crippen LogP contribution in [0.1, 0.15) is 18.7 Å². The van der Waals surface area contributed by atoms with Crippen molar-refractivity contribution in [3.8, 4) is 11.3 Å². The number of fused-ring (bicyclic) bond motifs is 1. The van der Waals surface area contributed by atoms with Crippen LogP contribution in [-0.4, -0.2) is 9.55 Å². The summed E-state index contributed by atoms with van der Waals surface area (Å²) in [6.45, 7) is 0.797. The Balaban J connectivity index is 2.17. The van der Waals surface area contributed by atoms with Gasteiger partial charge in [0, 0.05) is 18.5 Å². The molecule has 1 aromatic carbocycles. The van der Waals surface area contributed by atoms with Crippen LogP contribution in [0.15, 0.2) is 18.2 Å². The van der Waals surface area contributed by atoms with E-state index in [4.69, 9.17) is 5.73 Å². The minimum absolute atomic E-state index is 0.134. The average Bonchev–Trinajstić information content (AvgIpc) is 2.71. The molecule has 2 aromatic rings. The van der Waals surface area contributed by atoms with E-state index >= 15 is 0 Å². The predicted molar refractivity (Wildman–Crippen MR) is 64.9 cm³/mol. The van der Waals surface area contributed by atoms with Crippen LogP contribution in [0.2, 0.25) is 0 Å². The van der Waals surface area contributed by atoms with Crippen LogP contribution in [-0.2, 0) is 13.0 Å². The monoisotopic (exact) mass is 249 g/mol. The van der Waals surface area contributed by atoms with Gasteiger partial charge < -0.3 is 10.3 Å². The van der Waals surface area contributed by atoms with Crippen molar-refractivity contribution in [3.63, 3.8) is 0 Å². The molecular weight excluding hydrogens is 236 g/mol. The molecule has 3 rings (SSSR count). The summed E-state index contributed by atoms with van der Waals surface area (Å²) >= 11 is 0. The fourth-order valence-electron chi connectivity index (χ4n) is 2.39. The minimum atomic E-state index is -0.889. The molecule has 0 saturated carbocycles. The van der Waals surface area contributed by atoms with Crippen LogP contribution < -0.4 is 5.73 Å². The number of nitrogen functional groups attached to an aromatic ring is 1. The molecule has 1 aliphatic rings. The maximum absolute atomic E-state index is 13.8. The quantitative estimate of drug-likeness (QED) is 0.844. The summed E-state index contributed by atoms with van der Waals surface area (Å²) in [5, 5.41) is 0. The van der Waals surface area contributed by atoms with Crippen LogP contribution in [0.25, 0.3) is 11.3 Å². The van der Waals surface area contributed by atoms with Gasteiger partial charge in [-0.1, -0.05) is 6.07 Å². The highest BCUT2D eigenvalue weighted by Gasteiger charge is 2.21. The van der Waals surface area contributed by atoms with E-state index in [2.05, 4.69) is 4.98 Å². The number of nitrogens with zero attached hydrogens (tertiary/aromatic N) is 2. The van der Waals surface area contributed by atoms with Crippen molar-refractivity contribution in [1.82, 2.24) is 9.55 Å². The topological polar surface area (TPSA) is 43.8 Å². The number of anilines is 1. The van der Waals surface area contributed by atoms with Gasteiger partial charge in [-0.15, -0.1) is 0 Å². The molecular formula is C13H13F2N3. The van der Waals surface area contributed by atoms with Gasteiger partial charge in [-0.05, 0) is 25.0 Å². The van der Waals surface area contributed by atoms with E-state index in [1.165, 1.54) is 12.1 Å². The lowest BCUT2D eigenvalue weighted by molar-refractivity contribution is 0.511. The SMILES string of the molecule is Nc1c(-c2cccc(F)c2F)nc2n1CCCC2. The first kappa shape index (κ1) is 11.2. The Bertz CT molecular complexity index is 605. The second kappa shape index (κ2) is 4.08. The number of imidazole rings is 1. The number of halogens is 2. The normalized spacial score (nSPS) is 14.6. The van der Waals surface area contributed by atoms with Crippen LogP contribution in [0.3, 0.4) is 0 Å². The zero-order valence-electron chi connectivity index (χ0n) is 9.79. The van der Waals surface area contributed by atoms with Gasteiger partial charge in [-0.25, -0.2) is 13.8 Å². The molecule has 0 spiro atoms. The summed E-state index contributed by atoms with van der Waals surface area (Å²) in [5.74, 6) is -0.482. The number of aryl methyl sites for hydroxylation is 1. The van der Waals surface area contributed by atoms with Crippen molar-refractivity contribution < 1.29 is 8.78 Å². The van der Waals surface area contributed by atoms with E-state index in [9.17, 15) is 8.78 Å². The van der Waals surface area contributed by atoms with Crippen LogP contribution in [0, 0.1) is 11.6 Å². The molecule has 0 amide bonds. The Morgan fingerprint density at radius 2 is 2.06 bits per heavy atom. The first-order valence-corrected chi connectivity index (χ1v) is 5.97. The zero-order chi connectivity index (χ0) is 12.7. The maximum Gasteiger partial charge on any atom is 0.168 e. The van der Waals surface area contributed by atoms with Crippen molar-refractivity contribution in [2.75, 3.05) is 5.73 Å². The van der Waals surface area contributed by atoms with Gasteiger partial charge in [0.1, 0.15) is 17.3 Å². The molecule has 1 aromatic heterocycles. The Labute approximate surface area is 103 Å². The molecule has 0 unspecified atom stereocenters. The lowest BCUT2D eigenvalue weighted by Gasteiger charge is -2.14. The summed E-state index contributed by atoms with van der Waals surface area (Å²) in [6, 6.07) is 4.06. The largest absolute Gasteiger partial charge is 0.383 e. The molecule has 3 nitrogen and oxygen atoms in total. The van der Waals surface area contributed by atoms with Gasteiger partial charge in [0.2, 0.25) is 0 Å². The molecule has 5 heteroatoms. The number of rotatable bonds is 1. The molecule has 0 aliphatic carbocycles. The van der Waals surface area contributed by atoms with Gasteiger partial charge in [-0.3, -0.25) is 0 Å². The standard InChI is InChI=1S/C13H13F2N3/c14-9-5-3-4-8(11(9)15)12-13(16)18-7-2-1-6-10(18)17-12/h3-5H,1-2,6-7,16H2. The van der Waals surface area contributed by atoms with Crippen LogP contribution >= 0.6 is 0 Å². The number of aromatic nitrogens is 2. The molecule has 18 heavy (non-hydrogen) atoms. The van der Waals surface area contributed by atoms with E-state index in [-0.39, 0.29) is 5.56 Å². The maximum atomic E-state index is 13.8. The van der Waals surface area contributed by atoms with E-state index < -0.39 is 11.6 Å². The first-order valence-electron chi connectivity index (χ1n) is 5.97. The van der Waals surface area contributed by atoms with E-state index in [0.717, 1.165) is 37.7 Å².